The second-order valence-electron chi connectivity index (χ2n) is 3.70. The van der Waals surface area contributed by atoms with Crippen molar-refractivity contribution in [3.63, 3.8) is 0 Å². The minimum absolute atomic E-state index is 0.477. The van der Waals surface area contributed by atoms with Gasteiger partial charge in [0, 0.05) is 13.1 Å². The molecule has 15 heavy (non-hydrogen) atoms. The lowest BCUT2D eigenvalue weighted by atomic mass is 10.1. The molecule has 0 radical (unpaired) electrons. The van der Waals surface area contributed by atoms with E-state index in [0.29, 0.717) is 11.9 Å². The Hall–Kier alpha value is -0.760. The molecule has 0 unspecified atom stereocenters. The van der Waals surface area contributed by atoms with Crippen LogP contribution in [0.2, 0.25) is 0 Å². The average molecular weight is 227 g/mol. The zero-order chi connectivity index (χ0) is 11.3. The molecule has 1 heterocycles. The Morgan fingerprint density at radius 1 is 1.33 bits per heavy atom. The van der Waals surface area contributed by atoms with Crippen LogP contribution in [0.5, 0.6) is 0 Å². The molecular weight excluding hydrogens is 208 g/mol. The van der Waals surface area contributed by atoms with Crippen molar-refractivity contribution >= 4 is 17.4 Å². The standard InChI is InChI=1S/C12H19ClN2/c1-4-11(5-2)15(3)12-8-6-7-10(9-13)14-12/h6-8,11H,4-5,9H2,1-3H3. The first-order valence-corrected chi connectivity index (χ1v) is 6.01. The molecule has 3 heteroatoms. The van der Waals surface area contributed by atoms with E-state index in [4.69, 9.17) is 11.6 Å². The lowest BCUT2D eigenvalue weighted by molar-refractivity contribution is 0.586. The molecule has 1 aromatic rings. The molecule has 0 atom stereocenters. The van der Waals surface area contributed by atoms with Gasteiger partial charge in [0.2, 0.25) is 0 Å². The van der Waals surface area contributed by atoms with Crippen molar-refractivity contribution in [2.24, 2.45) is 0 Å². The lowest BCUT2D eigenvalue weighted by Gasteiger charge is -2.27. The number of pyridine rings is 1. The Morgan fingerprint density at radius 3 is 2.53 bits per heavy atom. The van der Waals surface area contributed by atoms with Gasteiger partial charge in [-0.15, -0.1) is 11.6 Å². The first kappa shape index (κ1) is 12.3. The van der Waals surface area contributed by atoms with Crippen LogP contribution in [0.25, 0.3) is 0 Å². The molecule has 0 saturated heterocycles. The predicted molar refractivity (Wildman–Crippen MR) is 66.6 cm³/mol. The maximum Gasteiger partial charge on any atom is 0.128 e. The van der Waals surface area contributed by atoms with Gasteiger partial charge in [0.05, 0.1) is 11.6 Å². The van der Waals surface area contributed by atoms with Gasteiger partial charge in [-0.05, 0) is 25.0 Å². The van der Waals surface area contributed by atoms with Crippen molar-refractivity contribution in [2.45, 2.75) is 38.6 Å². The van der Waals surface area contributed by atoms with Crippen LogP contribution in [0.15, 0.2) is 18.2 Å². The summed E-state index contributed by atoms with van der Waals surface area (Å²) in [5.74, 6) is 1.49. The molecule has 0 aliphatic carbocycles. The average Bonchev–Trinajstić information content (AvgIpc) is 2.30. The van der Waals surface area contributed by atoms with Crippen molar-refractivity contribution in [1.82, 2.24) is 4.98 Å². The summed E-state index contributed by atoms with van der Waals surface area (Å²) in [6.07, 6.45) is 2.28. The fraction of sp³-hybridized carbons (Fsp3) is 0.583. The van der Waals surface area contributed by atoms with Gasteiger partial charge in [0.15, 0.2) is 0 Å². The summed E-state index contributed by atoms with van der Waals surface area (Å²) in [5, 5.41) is 0. The van der Waals surface area contributed by atoms with E-state index in [2.05, 4.69) is 30.8 Å². The highest BCUT2D eigenvalue weighted by Crippen LogP contribution is 2.16. The van der Waals surface area contributed by atoms with Crippen molar-refractivity contribution < 1.29 is 0 Å². The molecule has 0 aromatic carbocycles. The maximum atomic E-state index is 5.77. The second kappa shape index (κ2) is 5.96. The monoisotopic (exact) mass is 226 g/mol. The highest BCUT2D eigenvalue weighted by Gasteiger charge is 2.12. The molecule has 1 aromatic heterocycles. The van der Waals surface area contributed by atoms with Gasteiger partial charge in [-0.25, -0.2) is 4.98 Å². The SMILES string of the molecule is CCC(CC)N(C)c1cccc(CCl)n1. The topological polar surface area (TPSA) is 16.1 Å². The van der Waals surface area contributed by atoms with E-state index in [-0.39, 0.29) is 0 Å². The second-order valence-corrected chi connectivity index (χ2v) is 3.97. The van der Waals surface area contributed by atoms with Gasteiger partial charge >= 0.3 is 0 Å². The number of hydrogen-bond acceptors (Lipinski definition) is 2. The van der Waals surface area contributed by atoms with Crippen molar-refractivity contribution in [3.8, 4) is 0 Å². The van der Waals surface area contributed by atoms with Crippen LogP contribution in [0, 0.1) is 0 Å². The smallest absolute Gasteiger partial charge is 0.128 e. The van der Waals surface area contributed by atoms with E-state index < -0.39 is 0 Å². The third-order valence-corrected chi connectivity index (χ3v) is 3.05. The van der Waals surface area contributed by atoms with Gasteiger partial charge in [-0.1, -0.05) is 19.9 Å². The summed E-state index contributed by atoms with van der Waals surface area (Å²) in [6, 6.07) is 6.56. The molecule has 0 saturated carbocycles. The first-order chi connectivity index (χ1) is 7.22. The summed E-state index contributed by atoms with van der Waals surface area (Å²) < 4.78 is 0. The summed E-state index contributed by atoms with van der Waals surface area (Å²) in [4.78, 5) is 6.73. The number of aromatic nitrogens is 1. The van der Waals surface area contributed by atoms with Crippen LogP contribution >= 0.6 is 11.6 Å². The molecule has 84 valence electrons. The molecule has 0 amide bonds. The quantitative estimate of drug-likeness (QED) is 0.715. The van der Waals surface area contributed by atoms with Gasteiger partial charge in [-0.2, -0.15) is 0 Å². The maximum absolute atomic E-state index is 5.77. The Balaban J connectivity index is 2.84. The minimum atomic E-state index is 0.477. The van der Waals surface area contributed by atoms with Gasteiger partial charge in [0.1, 0.15) is 5.82 Å². The van der Waals surface area contributed by atoms with E-state index in [0.717, 1.165) is 24.4 Å². The molecule has 0 fully saturated rings. The number of anilines is 1. The number of alkyl halides is 1. The van der Waals surface area contributed by atoms with Crippen LogP contribution in [0.3, 0.4) is 0 Å². The van der Waals surface area contributed by atoms with Crippen molar-refractivity contribution in [1.29, 1.82) is 0 Å². The van der Waals surface area contributed by atoms with Gasteiger partial charge in [-0.3, -0.25) is 0 Å². The summed E-state index contributed by atoms with van der Waals surface area (Å²) in [7, 11) is 2.10. The third kappa shape index (κ3) is 3.10. The van der Waals surface area contributed by atoms with Crippen LogP contribution < -0.4 is 4.90 Å². The van der Waals surface area contributed by atoms with Crippen molar-refractivity contribution in [2.75, 3.05) is 11.9 Å². The highest BCUT2D eigenvalue weighted by molar-refractivity contribution is 6.16. The van der Waals surface area contributed by atoms with E-state index >= 15 is 0 Å². The Labute approximate surface area is 97.3 Å². The predicted octanol–water partition coefficient (Wildman–Crippen LogP) is 3.45. The van der Waals surface area contributed by atoms with Crippen LogP contribution in [0.4, 0.5) is 5.82 Å². The Morgan fingerprint density at radius 2 is 2.00 bits per heavy atom. The van der Waals surface area contributed by atoms with E-state index in [1.807, 2.05) is 18.2 Å². The Bertz CT molecular complexity index is 297. The molecule has 0 N–H and O–H groups in total. The summed E-state index contributed by atoms with van der Waals surface area (Å²) in [6.45, 7) is 4.41. The third-order valence-electron chi connectivity index (χ3n) is 2.78. The molecular formula is C12H19ClN2. The highest BCUT2D eigenvalue weighted by atomic mass is 35.5. The molecule has 0 bridgehead atoms. The largest absolute Gasteiger partial charge is 0.357 e. The minimum Gasteiger partial charge on any atom is -0.357 e. The van der Waals surface area contributed by atoms with E-state index in [1.165, 1.54) is 0 Å². The normalized spacial score (nSPS) is 10.7. The van der Waals surface area contributed by atoms with Crippen LogP contribution in [-0.2, 0) is 5.88 Å². The van der Waals surface area contributed by atoms with Crippen LogP contribution in [0.1, 0.15) is 32.4 Å². The van der Waals surface area contributed by atoms with Crippen LogP contribution in [-0.4, -0.2) is 18.1 Å². The molecule has 0 aliphatic heterocycles. The zero-order valence-corrected chi connectivity index (χ0v) is 10.5. The lowest BCUT2D eigenvalue weighted by Crippen LogP contribution is -2.31. The molecule has 1 rings (SSSR count). The summed E-state index contributed by atoms with van der Waals surface area (Å²) >= 11 is 5.77. The summed E-state index contributed by atoms with van der Waals surface area (Å²) in [5.41, 5.74) is 0.937. The number of nitrogens with zero attached hydrogens (tertiary/aromatic N) is 2. The fourth-order valence-electron chi connectivity index (χ4n) is 1.76. The van der Waals surface area contributed by atoms with Gasteiger partial charge < -0.3 is 4.90 Å². The van der Waals surface area contributed by atoms with Crippen molar-refractivity contribution in [3.05, 3.63) is 23.9 Å². The van der Waals surface area contributed by atoms with E-state index in [9.17, 15) is 0 Å². The van der Waals surface area contributed by atoms with Gasteiger partial charge in [0.25, 0.3) is 0 Å². The number of rotatable bonds is 5. The fourth-order valence-corrected chi connectivity index (χ4v) is 1.91. The number of hydrogen-bond donors (Lipinski definition) is 0. The molecule has 0 spiro atoms. The molecule has 2 nitrogen and oxygen atoms in total. The first-order valence-electron chi connectivity index (χ1n) is 5.47. The Kier molecular flexibility index (Phi) is 4.89. The zero-order valence-electron chi connectivity index (χ0n) is 9.70. The molecule has 0 aliphatic rings. The van der Waals surface area contributed by atoms with E-state index in [1.54, 1.807) is 0 Å². The number of halogens is 1.